The van der Waals surface area contributed by atoms with Crippen molar-refractivity contribution >= 4 is 11.8 Å². The van der Waals surface area contributed by atoms with Gasteiger partial charge >= 0.3 is 0 Å². The predicted molar refractivity (Wildman–Crippen MR) is 100 cm³/mol. The Hall–Kier alpha value is -3.62. The molecule has 1 saturated heterocycles. The molecule has 0 bridgehead atoms. The number of carbonyl (C=O) groups excluding carboxylic acids is 2. The van der Waals surface area contributed by atoms with Crippen molar-refractivity contribution in [2.45, 2.75) is 18.9 Å². The molecule has 1 aliphatic rings. The molecular formula is C20H19FN4O4. The van der Waals surface area contributed by atoms with Crippen LogP contribution in [0.3, 0.4) is 0 Å². The number of amides is 2. The Morgan fingerprint density at radius 1 is 1.21 bits per heavy atom. The molecule has 3 heterocycles. The quantitative estimate of drug-likeness (QED) is 0.703. The molecule has 29 heavy (non-hydrogen) atoms. The van der Waals surface area contributed by atoms with Gasteiger partial charge in [-0.05, 0) is 31.0 Å². The smallest absolute Gasteiger partial charge is 0.275 e. The number of halogens is 1. The molecule has 1 aliphatic heterocycles. The minimum absolute atomic E-state index is 0.107. The molecule has 0 saturated carbocycles. The summed E-state index contributed by atoms with van der Waals surface area (Å²) < 4.78 is 20.0. The summed E-state index contributed by atoms with van der Waals surface area (Å²) in [5.74, 6) is -1.50. The van der Waals surface area contributed by atoms with Crippen molar-refractivity contribution in [2.24, 2.45) is 0 Å². The molecule has 2 amide bonds. The maximum absolute atomic E-state index is 13.9. The Kier molecular flexibility index (Phi) is 5.03. The Bertz CT molecular complexity index is 1020. The zero-order valence-electron chi connectivity index (χ0n) is 15.4. The molecule has 150 valence electrons. The highest BCUT2D eigenvalue weighted by atomic mass is 19.1. The molecule has 0 unspecified atom stereocenters. The number of para-hydroxylation sites is 1. The fraction of sp³-hybridized carbons (Fsp3) is 0.250. The number of rotatable bonds is 4. The highest BCUT2D eigenvalue weighted by Crippen LogP contribution is 2.21. The molecule has 9 heteroatoms. The van der Waals surface area contributed by atoms with Crippen molar-refractivity contribution in [1.29, 1.82) is 0 Å². The highest BCUT2D eigenvalue weighted by molar-refractivity contribution is 5.95. The lowest BCUT2D eigenvalue weighted by molar-refractivity contribution is 0.0697. The zero-order valence-corrected chi connectivity index (χ0v) is 15.4. The second kappa shape index (κ2) is 7.78. The highest BCUT2D eigenvalue weighted by Gasteiger charge is 2.27. The monoisotopic (exact) mass is 398 g/mol. The summed E-state index contributed by atoms with van der Waals surface area (Å²) in [5, 5.41) is 16.9. The van der Waals surface area contributed by atoms with Crippen molar-refractivity contribution in [3.63, 3.8) is 0 Å². The minimum Gasteiger partial charge on any atom is -0.504 e. The van der Waals surface area contributed by atoms with Gasteiger partial charge in [0.1, 0.15) is 17.8 Å². The van der Waals surface area contributed by atoms with E-state index in [1.54, 1.807) is 23.1 Å². The van der Waals surface area contributed by atoms with Crippen LogP contribution in [0.1, 0.15) is 33.7 Å². The fourth-order valence-corrected chi connectivity index (χ4v) is 3.34. The number of nitrogens with zero attached hydrogens (tertiary/aromatic N) is 3. The van der Waals surface area contributed by atoms with Crippen molar-refractivity contribution in [2.75, 3.05) is 13.1 Å². The average Bonchev–Trinajstić information content (AvgIpc) is 3.38. The lowest BCUT2D eigenvalue weighted by Crippen LogP contribution is -2.46. The van der Waals surface area contributed by atoms with Crippen LogP contribution in [0.25, 0.3) is 5.69 Å². The summed E-state index contributed by atoms with van der Waals surface area (Å²) in [4.78, 5) is 26.6. The molecule has 1 aromatic carbocycles. The first-order chi connectivity index (χ1) is 14.0. The Morgan fingerprint density at radius 3 is 2.66 bits per heavy atom. The molecule has 1 fully saturated rings. The first kappa shape index (κ1) is 18.7. The lowest BCUT2D eigenvalue weighted by Gasteiger charge is -2.32. The first-order valence-electron chi connectivity index (χ1n) is 9.19. The third kappa shape index (κ3) is 3.84. The normalized spacial score (nSPS) is 14.7. The maximum atomic E-state index is 13.9. The van der Waals surface area contributed by atoms with Crippen LogP contribution in [-0.4, -0.2) is 50.7 Å². The molecule has 3 aromatic rings. The molecule has 0 radical (unpaired) electrons. The van der Waals surface area contributed by atoms with Crippen LogP contribution in [0.15, 0.2) is 53.5 Å². The predicted octanol–water partition coefficient (Wildman–Crippen LogP) is 2.34. The molecule has 4 rings (SSSR count). The van der Waals surface area contributed by atoms with E-state index in [0.717, 1.165) is 4.68 Å². The van der Waals surface area contributed by atoms with Crippen LogP contribution in [-0.2, 0) is 0 Å². The Balaban J connectivity index is 1.38. The summed E-state index contributed by atoms with van der Waals surface area (Å²) in [6.07, 6.45) is 5.20. The van der Waals surface area contributed by atoms with Crippen LogP contribution in [0, 0.1) is 5.82 Å². The van der Waals surface area contributed by atoms with Gasteiger partial charge in [-0.25, -0.2) is 9.07 Å². The number of carbonyl (C=O) groups is 2. The second-order valence-electron chi connectivity index (χ2n) is 6.81. The van der Waals surface area contributed by atoms with E-state index in [0.29, 0.717) is 31.5 Å². The SMILES string of the molecule is O=C(NC1CCN(C(=O)c2ccoc2)CC1)c1nn(-c2ccccc2F)cc1O. The average molecular weight is 398 g/mol. The standard InChI is InChI=1S/C20H19FN4O4/c21-15-3-1-2-4-16(15)25-11-17(26)18(23-25)19(27)22-14-5-8-24(9-6-14)20(28)13-7-10-29-12-13/h1-4,7,10-12,14,26H,5-6,8-9H2,(H,22,27). The lowest BCUT2D eigenvalue weighted by atomic mass is 10.0. The number of nitrogens with one attached hydrogen (secondary N) is 1. The van der Waals surface area contributed by atoms with Gasteiger partial charge in [0.15, 0.2) is 11.4 Å². The summed E-state index contributed by atoms with van der Waals surface area (Å²) in [6, 6.07) is 7.40. The number of likely N-dealkylation sites (tertiary alicyclic amines) is 1. The topological polar surface area (TPSA) is 101 Å². The van der Waals surface area contributed by atoms with E-state index >= 15 is 0 Å². The summed E-state index contributed by atoms with van der Waals surface area (Å²) in [6.45, 7) is 0.981. The third-order valence-electron chi connectivity index (χ3n) is 4.89. The molecule has 0 spiro atoms. The number of piperidine rings is 1. The number of benzene rings is 1. The maximum Gasteiger partial charge on any atom is 0.275 e. The van der Waals surface area contributed by atoms with Gasteiger partial charge in [-0.3, -0.25) is 9.59 Å². The molecule has 8 nitrogen and oxygen atoms in total. The van der Waals surface area contributed by atoms with Gasteiger partial charge in [0.2, 0.25) is 0 Å². The molecular weight excluding hydrogens is 379 g/mol. The number of aromatic nitrogens is 2. The van der Waals surface area contributed by atoms with E-state index in [-0.39, 0.29) is 29.1 Å². The van der Waals surface area contributed by atoms with E-state index in [9.17, 15) is 19.1 Å². The van der Waals surface area contributed by atoms with Gasteiger partial charge < -0.3 is 19.7 Å². The van der Waals surface area contributed by atoms with E-state index in [1.165, 1.54) is 30.9 Å². The van der Waals surface area contributed by atoms with E-state index in [2.05, 4.69) is 10.4 Å². The first-order valence-corrected chi connectivity index (χ1v) is 9.19. The number of hydrogen-bond acceptors (Lipinski definition) is 5. The van der Waals surface area contributed by atoms with E-state index in [1.807, 2.05) is 0 Å². The number of hydrogen-bond donors (Lipinski definition) is 2. The molecule has 2 N–H and O–H groups in total. The van der Waals surface area contributed by atoms with Crippen LogP contribution >= 0.6 is 0 Å². The zero-order chi connectivity index (χ0) is 20.4. The van der Waals surface area contributed by atoms with E-state index in [4.69, 9.17) is 4.42 Å². The van der Waals surface area contributed by atoms with Gasteiger partial charge in [0, 0.05) is 19.1 Å². The van der Waals surface area contributed by atoms with Crippen LogP contribution in [0.4, 0.5) is 4.39 Å². The van der Waals surface area contributed by atoms with E-state index < -0.39 is 11.7 Å². The van der Waals surface area contributed by atoms with Crippen molar-refractivity contribution in [3.05, 3.63) is 66.1 Å². The Labute approximate surface area is 165 Å². The van der Waals surface area contributed by atoms with Gasteiger partial charge in [0.05, 0.1) is 18.0 Å². The largest absolute Gasteiger partial charge is 0.504 e. The van der Waals surface area contributed by atoms with Crippen LogP contribution < -0.4 is 5.32 Å². The van der Waals surface area contributed by atoms with Crippen molar-refractivity contribution in [3.8, 4) is 11.4 Å². The van der Waals surface area contributed by atoms with Gasteiger partial charge in [-0.1, -0.05) is 12.1 Å². The summed E-state index contributed by atoms with van der Waals surface area (Å²) in [5.41, 5.74) is 0.453. The van der Waals surface area contributed by atoms with Gasteiger partial charge in [-0.15, -0.1) is 0 Å². The number of aromatic hydroxyl groups is 1. The van der Waals surface area contributed by atoms with Gasteiger partial charge in [0.25, 0.3) is 11.8 Å². The second-order valence-corrected chi connectivity index (χ2v) is 6.81. The summed E-state index contributed by atoms with van der Waals surface area (Å²) >= 11 is 0. The Morgan fingerprint density at radius 2 is 1.97 bits per heavy atom. The van der Waals surface area contributed by atoms with Gasteiger partial charge in [-0.2, -0.15) is 5.10 Å². The molecule has 0 aliphatic carbocycles. The molecule has 0 atom stereocenters. The summed E-state index contributed by atoms with van der Waals surface area (Å²) in [7, 11) is 0. The number of furan rings is 1. The van der Waals surface area contributed by atoms with Crippen molar-refractivity contribution < 1.29 is 23.5 Å². The molecule has 2 aromatic heterocycles. The van der Waals surface area contributed by atoms with Crippen molar-refractivity contribution in [1.82, 2.24) is 20.0 Å². The van der Waals surface area contributed by atoms with Crippen LogP contribution in [0.2, 0.25) is 0 Å². The van der Waals surface area contributed by atoms with Crippen LogP contribution in [0.5, 0.6) is 5.75 Å². The fourth-order valence-electron chi connectivity index (χ4n) is 3.34. The third-order valence-corrected chi connectivity index (χ3v) is 4.89. The minimum atomic E-state index is -0.544.